The maximum Gasteiger partial charge on any atom is 0.294 e. The summed E-state index contributed by atoms with van der Waals surface area (Å²) < 4.78 is 7.40. The molecule has 1 amide bonds. The zero-order valence-corrected chi connectivity index (χ0v) is 15.3. The average molecular weight is 360 g/mol. The van der Waals surface area contributed by atoms with Gasteiger partial charge < -0.3 is 14.4 Å². The summed E-state index contributed by atoms with van der Waals surface area (Å²) in [5, 5.41) is 6.84. The second-order valence-corrected chi connectivity index (χ2v) is 6.23. The topological polar surface area (TPSA) is 73.0 Å². The molecule has 0 saturated carbocycles. The van der Waals surface area contributed by atoms with Gasteiger partial charge in [-0.1, -0.05) is 42.4 Å². The van der Waals surface area contributed by atoms with E-state index in [9.17, 15) is 4.79 Å². The van der Waals surface area contributed by atoms with Crippen molar-refractivity contribution in [2.75, 3.05) is 5.32 Å². The molecule has 0 radical (unpaired) electrons. The van der Waals surface area contributed by atoms with E-state index in [4.69, 9.17) is 4.52 Å². The van der Waals surface area contributed by atoms with Crippen LogP contribution >= 0.6 is 0 Å². The number of imidazole rings is 1. The predicted octanol–water partition coefficient (Wildman–Crippen LogP) is 4.53. The van der Waals surface area contributed by atoms with Crippen LogP contribution in [-0.2, 0) is 13.0 Å². The summed E-state index contributed by atoms with van der Waals surface area (Å²) in [7, 11) is 0. The van der Waals surface area contributed by atoms with Crippen molar-refractivity contribution in [3.8, 4) is 11.3 Å². The van der Waals surface area contributed by atoms with Crippen molar-refractivity contribution in [1.29, 1.82) is 0 Å². The van der Waals surface area contributed by atoms with Crippen molar-refractivity contribution in [3.05, 3.63) is 66.2 Å². The van der Waals surface area contributed by atoms with Crippen molar-refractivity contribution in [3.63, 3.8) is 0 Å². The first kappa shape index (κ1) is 17.0. The summed E-state index contributed by atoms with van der Waals surface area (Å²) in [4.78, 5) is 17.2. The van der Waals surface area contributed by atoms with Gasteiger partial charge >= 0.3 is 0 Å². The molecule has 0 unspecified atom stereocenters. The summed E-state index contributed by atoms with van der Waals surface area (Å²) in [6.07, 6.45) is 0.866. The van der Waals surface area contributed by atoms with Gasteiger partial charge in [0.1, 0.15) is 11.5 Å². The highest BCUT2D eigenvalue weighted by Crippen LogP contribution is 2.23. The number of anilines is 1. The number of fused-ring (bicyclic) bond motifs is 1. The van der Waals surface area contributed by atoms with Crippen molar-refractivity contribution in [2.24, 2.45) is 0 Å². The molecular formula is C21H20N4O2. The molecule has 0 aliphatic carbocycles. The lowest BCUT2D eigenvalue weighted by Crippen LogP contribution is -2.10. The molecule has 6 nitrogen and oxygen atoms in total. The average Bonchev–Trinajstić information content (AvgIpc) is 3.33. The SMILES string of the molecule is CCc1nc2cc(NC(=O)c3cc(-c4ccccc4)no3)ccc2n1CC. The number of nitrogens with zero attached hydrogens (tertiary/aromatic N) is 3. The zero-order chi connectivity index (χ0) is 18.8. The van der Waals surface area contributed by atoms with E-state index in [-0.39, 0.29) is 11.7 Å². The molecule has 0 aliphatic rings. The van der Waals surface area contributed by atoms with E-state index in [1.54, 1.807) is 6.07 Å². The van der Waals surface area contributed by atoms with Crippen LogP contribution in [0.5, 0.6) is 0 Å². The van der Waals surface area contributed by atoms with Crippen LogP contribution in [0.3, 0.4) is 0 Å². The van der Waals surface area contributed by atoms with Crippen molar-refractivity contribution in [1.82, 2.24) is 14.7 Å². The number of carbonyl (C=O) groups excluding carboxylic acids is 1. The van der Waals surface area contributed by atoms with Gasteiger partial charge in [-0.2, -0.15) is 0 Å². The molecule has 0 aliphatic heterocycles. The molecule has 136 valence electrons. The summed E-state index contributed by atoms with van der Waals surface area (Å²) in [6.45, 7) is 5.06. The third-order valence-corrected chi connectivity index (χ3v) is 4.52. The van der Waals surface area contributed by atoms with Gasteiger partial charge in [0, 0.05) is 30.3 Å². The van der Waals surface area contributed by atoms with Gasteiger partial charge in [0.15, 0.2) is 0 Å². The van der Waals surface area contributed by atoms with Gasteiger partial charge in [-0.25, -0.2) is 4.98 Å². The lowest BCUT2D eigenvalue weighted by Gasteiger charge is -2.05. The molecule has 0 atom stereocenters. The monoisotopic (exact) mass is 360 g/mol. The van der Waals surface area contributed by atoms with Crippen LogP contribution in [0, 0.1) is 0 Å². The molecule has 0 spiro atoms. The molecule has 6 heteroatoms. The minimum absolute atomic E-state index is 0.169. The predicted molar refractivity (Wildman–Crippen MR) is 105 cm³/mol. The van der Waals surface area contributed by atoms with Gasteiger partial charge in [0.25, 0.3) is 5.91 Å². The Kier molecular flexibility index (Phi) is 4.46. The standard InChI is InChI=1S/C21H20N4O2/c1-3-20-23-17-12-15(10-11-18(17)25(20)4-2)22-21(26)19-13-16(24-27-19)14-8-6-5-7-9-14/h5-13H,3-4H2,1-2H3,(H,22,26). The van der Waals surface area contributed by atoms with Crippen molar-refractivity contribution in [2.45, 2.75) is 26.8 Å². The maximum atomic E-state index is 12.5. The van der Waals surface area contributed by atoms with Crippen molar-refractivity contribution < 1.29 is 9.32 Å². The second-order valence-electron chi connectivity index (χ2n) is 6.23. The van der Waals surface area contributed by atoms with Gasteiger partial charge in [-0.15, -0.1) is 0 Å². The van der Waals surface area contributed by atoms with E-state index >= 15 is 0 Å². The highest BCUT2D eigenvalue weighted by atomic mass is 16.5. The molecule has 1 N–H and O–H groups in total. The Hall–Kier alpha value is -3.41. The van der Waals surface area contributed by atoms with E-state index in [0.717, 1.165) is 35.4 Å². The number of rotatable bonds is 5. The zero-order valence-electron chi connectivity index (χ0n) is 15.3. The number of amides is 1. The van der Waals surface area contributed by atoms with Crippen LogP contribution in [0.2, 0.25) is 0 Å². The van der Waals surface area contributed by atoms with Crippen LogP contribution in [0.4, 0.5) is 5.69 Å². The Morgan fingerprint density at radius 3 is 2.67 bits per heavy atom. The van der Waals surface area contributed by atoms with E-state index in [2.05, 4.69) is 33.9 Å². The first-order valence-corrected chi connectivity index (χ1v) is 9.02. The number of benzene rings is 2. The Bertz CT molecular complexity index is 1100. The lowest BCUT2D eigenvalue weighted by molar-refractivity contribution is 0.0988. The fourth-order valence-electron chi connectivity index (χ4n) is 3.20. The highest BCUT2D eigenvalue weighted by molar-refractivity contribution is 6.03. The summed E-state index contributed by atoms with van der Waals surface area (Å²) >= 11 is 0. The van der Waals surface area contributed by atoms with Crippen LogP contribution in [0.1, 0.15) is 30.2 Å². The Labute approximate surface area is 156 Å². The molecule has 2 aromatic carbocycles. The fraction of sp³-hybridized carbons (Fsp3) is 0.190. The molecule has 2 aromatic heterocycles. The molecule has 2 heterocycles. The van der Waals surface area contributed by atoms with Crippen LogP contribution in [0.15, 0.2) is 59.1 Å². The highest BCUT2D eigenvalue weighted by Gasteiger charge is 2.15. The number of nitrogens with one attached hydrogen (secondary N) is 1. The minimum Gasteiger partial charge on any atom is -0.350 e. The molecule has 27 heavy (non-hydrogen) atoms. The molecule has 4 aromatic rings. The molecular weight excluding hydrogens is 340 g/mol. The number of carbonyl (C=O) groups is 1. The summed E-state index contributed by atoms with van der Waals surface area (Å²) in [5.41, 5.74) is 4.14. The summed E-state index contributed by atoms with van der Waals surface area (Å²) in [5.74, 6) is 0.871. The quantitative estimate of drug-likeness (QED) is 0.568. The largest absolute Gasteiger partial charge is 0.350 e. The number of aryl methyl sites for hydroxylation is 2. The van der Waals surface area contributed by atoms with Gasteiger partial charge in [-0.05, 0) is 25.1 Å². The third kappa shape index (κ3) is 3.21. The van der Waals surface area contributed by atoms with E-state index in [0.29, 0.717) is 11.4 Å². The Morgan fingerprint density at radius 1 is 1.11 bits per heavy atom. The van der Waals surface area contributed by atoms with Crippen LogP contribution < -0.4 is 5.32 Å². The van der Waals surface area contributed by atoms with Crippen LogP contribution in [0.25, 0.3) is 22.3 Å². The Morgan fingerprint density at radius 2 is 1.93 bits per heavy atom. The molecule has 0 saturated heterocycles. The van der Waals surface area contributed by atoms with Gasteiger partial charge in [0.2, 0.25) is 5.76 Å². The maximum absolute atomic E-state index is 12.5. The lowest BCUT2D eigenvalue weighted by atomic mass is 10.1. The molecule has 4 rings (SSSR count). The molecule has 0 fully saturated rings. The number of aromatic nitrogens is 3. The van der Waals surface area contributed by atoms with E-state index < -0.39 is 0 Å². The second kappa shape index (κ2) is 7.07. The van der Waals surface area contributed by atoms with Gasteiger partial charge in [-0.3, -0.25) is 4.79 Å². The minimum atomic E-state index is -0.338. The van der Waals surface area contributed by atoms with E-state index in [1.165, 1.54) is 0 Å². The van der Waals surface area contributed by atoms with E-state index in [1.807, 2.05) is 48.5 Å². The third-order valence-electron chi connectivity index (χ3n) is 4.52. The molecule has 0 bridgehead atoms. The van der Waals surface area contributed by atoms with Crippen molar-refractivity contribution >= 4 is 22.6 Å². The number of hydrogen-bond acceptors (Lipinski definition) is 4. The van der Waals surface area contributed by atoms with Crippen LogP contribution in [-0.4, -0.2) is 20.6 Å². The normalized spacial score (nSPS) is 11.0. The first-order chi connectivity index (χ1) is 13.2. The first-order valence-electron chi connectivity index (χ1n) is 9.02. The number of hydrogen-bond donors (Lipinski definition) is 1. The smallest absolute Gasteiger partial charge is 0.294 e. The Balaban J connectivity index is 1.57. The van der Waals surface area contributed by atoms with Gasteiger partial charge in [0.05, 0.1) is 11.0 Å². The fourth-order valence-corrected chi connectivity index (χ4v) is 3.20. The summed E-state index contributed by atoms with van der Waals surface area (Å²) in [6, 6.07) is 17.0.